The third-order valence-corrected chi connectivity index (χ3v) is 14.3. The van der Waals surface area contributed by atoms with Gasteiger partial charge in [0.05, 0.1) is 29.3 Å². The van der Waals surface area contributed by atoms with E-state index in [1.54, 1.807) is 72.8 Å². The molecule has 1 amide bonds. The molecule has 442 valence electrons. The third kappa shape index (κ3) is 25.9. The molecule has 0 radical (unpaired) electrons. The largest absolute Gasteiger partial charge is 0.506 e. The summed E-state index contributed by atoms with van der Waals surface area (Å²) in [4.78, 5) is 80.1. The highest BCUT2D eigenvalue weighted by atomic mass is 16.8. The zero-order valence-corrected chi connectivity index (χ0v) is 47.8. The second-order valence-electron chi connectivity index (χ2n) is 21.0. The Morgan fingerprint density at radius 1 is 0.550 bits per heavy atom. The standard InChI is InChI=1S/C64H91NO15/c1-4-6-8-10-12-14-16-18-20-22-24-26-37-45-53(76-60(68)50-41-33-29-34-42-50)52(65-55(66)46-38-27-25-23-21-19-17-15-13-11-9-7-5-2)47-75-64(3)58(79-61(69)51-43-35-30-36-44-51)57(78-63(72)73)56(77-62(70)71)54(80-64)48-74-59(67)49-39-31-28-32-40-49/h28-37,39-45,52-54,56-58H,4-27,38,46-48H2,1-3H3,(H,65,66)(H,70,71)(H,72,73)/b45-37+/t52-,53+,54+,56-,57-,58+,64-/m0/s1. The molecule has 1 aliphatic heterocycles. The fraction of sp³-hybridized carbons (Fsp3) is 0.594. The number of benzene rings is 3. The number of nitrogens with one attached hydrogen (secondary N) is 1. The molecule has 16 heteroatoms. The van der Waals surface area contributed by atoms with Gasteiger partial charge in [0.2, 0.25) is 11.7 Å². The maximum absolute atomic E-state index is 14.1. The summed E-state index contributed by atoms with van der Waals surface area (Å²) in [6, 6.07) is 22.9. The van der Waals surface area contributed by atoms with E-state index in [1.807, 2.05) is 6.08 Å². The monoisotopic (exact) mass is 1110 g/mol. The van der Waals surface area contributed by atoms with Gasteiger partial charge >= 0.3 is 30.2 Å². The highest BCUT2D eigenvalue weighted by Gasteiger charge is 2.60. The van der Waals surface area contributed by atoms with Crippen LogP contribution in [0.4, 0.5) is 9.59 Å². The van der Waals surface area contributed by atoms with Gasteiger partial charge < -0.3 is 48.7 Å². The number of hydrogen-bond donors (Lipinski definition) is 3. The van der Waals surface area contributed by atoms with Crippen LogP contribution in [0.15, 0.2) is 103 Å². The fourth-order valence-corrected chi connectivity index (χ4v) is 9.85. The normalized spacial score (nSPS) is 18.6. The fourth-order valence-electron chi connectivity index (χ4n) is 9.85. The molecule has 0 saturated carbocycles. The van der Waals surface area contributed by atoms with Gasteiger partial charge in [0.25, 0.3) is 0 Å². The lowest BCUT2D eigenvalue weighted by molar-refractivity contribution is -0.356. The van der Waals surface area contributed by atoms with Gasteiger partial charge in [-0.05, 0) is 68.7 Å². The van der Waals surface area contributed by atoms with Gasteiger partial charge in [-0.15, -0.1) is 0 Å². The van der Waals surface area contributed by atoms with Crippen molar-refractivity contribution in [1.29, 1.82) is 0 Å². The molecule has 3 aromatic rings. The lowest BCUT2D eigenvalue weighted by Gasteiger charge is -2.49. The summed E-state index contributed by atoms with van der Waals surface area (Å²) in [7, 11) is 0. The van der Waals surface area contributed by atoms with Crippen LogP contribution in [0.3, 0.4) is 0 Å². The highest BCUT2D eigenvalue weighted by molar-refractivity contribution is 5.90. The predicted molar refractivity (Wildman–Crippen MR) is 306 cm³/mol. The summed E-state index contributed by atoms with van der Waals surface area (Å²) in [5.74, 6) is -5.12. The van der Waals surface area contributed by atoms with Gasteiger partial charge in [-0.2, -0.15) is 0 Å². The van der Waals surface area contributed by atoms with E-state index in [0.717, 1.165) is 51.4 Å². The van der Waals surface area contributed by atoms with Crippen LogP contribution in [-0.2, 0) is 38.0 Å². The molecule has 3 aromatic carbocycles. The van der Waals surface area contributed by atoms with E-state index in [2.05, 4.69) is 19.2 Å². The van der Waals surface area contributed by atoms with Crippen LogP contribution in [0.2, 0.25) is 0 Å². The van der Waals surface area contributed by atoms with Crippen molar-refractivity contribution in [3.8, 4) is 0 Å². The topological polar surface area (TPSA) is 220 Å². The van der Waals surface area contributed by atoms with E-state index < -0.39 is 85.8 Å². The van der Waals surface area contributed by atoms with Crippen LogP contribution in [-0.4, -0.2) is 102 Å². The second kappa shape index (κ2) is 39.2. The van der Waals surface area contributed by atoms with Crippen molar-refractivity contribution in [2.24, 2.45) is 0 Å². The first kappa shape index (κ1) is 66.3. The Kier molecular flexibility index (Phi) is 32.5. The first-order valence-electron chi connectivity index (χ1n) is 29.7. The Morgan fingerprint density at radius 2 is 0.975 bits per heavy atom. The van der Waals surface area contributed by atoms with E-state index in [9.17, 15) is 39.0 Å². The molecule has 1 heterocycles. The quantitative estimate of drug-likeness (QED) is 0.0208. The average Bonchev–Trinajstić information content (AvgIpc) is 3.52. The van der Waals surface area contributed by atoms with Crippen LogP contribution in [0.5, 0.6) is 0 Å². The van der Waals surface area contributed by atoms with Crippen molar-refractivity contribution in [1.82, 2.24) is 5.32 Å². The van der Waals surface area contributed by atoms with E-state index in [1.165, 1.54) is 128 Å². The molecule has 1 aliphatic rings. The number of ether oxygens (including phenoxy) is 7. The zero-order chi connectivity index (χ0) is 57.6. The van der Waals surface area contributed by atoms with E-state index in [-0.39, 0.29) is 29.0 Å². The summed E-state index contributed by atoms with van der Waals surface area (Å²) in [5, 5.41) is 23.2. The summed E-state index contributed by atoms with van der Waals surface area (Å²) < 4.78 is 41.5. The Hall–Kier alpha value is -6.26. The van der Waals surface area contributed by atoms with E-state index in [4.69, 9.17) is 33.2 Å². The first-order chi connectivity index (χ1) is 38.8. The van der Waals surface area contributed by atoms with Crippen LogP contribution >= 0.6 is 0 Å². The smallest absolute Gasteiger partial charge is 0.459 e. The molecule has 7 atom stereocenters. The Labute approximate surface area is 475 Å². The van der Waals surface area contributed by atoms with Crippen molar-refractivity contribution in [3.05, 3.63) is 120 Å². The molecule has 80 heavy (non-hydrogen) atoms. The summed E-state index contributed by atoms with van der Waals surface area (Å²) in [5.41, 5.74) is 0.444. The summed E-state index contributed by atoms with van der Waals surface area (Å²) >= 11 is 0. The lowest BCUT2D eigenvalue weighted by atomic mass is 9.92. The average molecular weight is 1110 g/mol. The predicted octanol–water partition coefficient (Wildman–Crippen LogP) is 14.8. The first-order valence-corrected chi connectivity index (χ1v) is 29.7. The Morgan fingerprint density at radius 3 is 1.45 bits per heavy atom. The third-order valence-electron chi connectivity index (χ3n) is 14.3. The molecule has 16 nitrogen and oxygen atoms in total. The summed E-state index contributed by atoms with van der Waals surface area (Å²) in [6.45, 7) is 4.53. The Bertz CT molecular complexity index is 2240. The van der Waals surface area contributed by atoms with Crippen molar-refractivity contribution < 1.29 is 72.1 Å². The molecule has 0 aliphatic carbocycles. The van der Waals surface area contributed by atoms with E-state index in [0.29, 0.717) is 12.8 Å². The lowest BCUT2D eigenvalue weighted by Crippen LogP contribution is -2.68. The zero-order valence-electron chi connectivity index (χ0n) is 47.8. The molecule has 4 rings (SSSR count). The number of carbonyl (C=O) groups excluding carboxylic acids is 4. The number of carboxylic acid groups (broad SMARTS) is 2. The minimum Gasteiger partial charge on any atom is -0.459 e. The van der Waals surface area contributed by atoms with Crippen LogP contribution < -0.4 is 5.32 Å². The number of unbranched alkanes of at least 4 members (excludes halogenated alkanes) is 23. The van der Waals surface area contributed by atoms with Crippen LogP contribution in [0.25, 0.3) is 0 Å². The minimum atomic E-state index is -2.28. The number of rotatable bonds is 41. The number of carbonyl (C=O) groups is 6. The maximum Gasteiger partial charge on any atom is 0.506 e. The van der Waals surface area contributed by atoms with Gasteiger partial charge in [-0.25, -0.2) is 24.0 Å². The molecule has 0 unspecified atom stereocenters. The van der Waals surface area contributed by atoms with Crippen molar-refractivity contribution in [2.75, 3.05) is 13.2 Å². The van der Waals surface area contributed by atoms with Gasteiger partial charge in [-0.3, -0.25) is 4.79 Å². The second-order valence-corrected chi connectivity index (χ2v) is 21.0. The number of esters is 3. The number of allylic oxidation sites excluding steroid dienone is 1. The van der Waals surface area contributed by atoms with Crippen molar-refractivity contribution >= 4 is 36.1 Å². The minimum absolute atomic E-state index is 0.0349. The maximum atomic E-state index is 14.1. The summed E-state index contributed by atoms with van der Waals surface area (Å²) in [6.07, 6.45) is 19.7. The van der Waals surface area contributed by atoms with E-state index >= 15 is 0 Å². The van der Waals surface area contributed by atoms with Gasteiger partial charge in [-0.1, -0.05) is 216 Å². The highest BCUT2D eigenvalue weighted by Crippen LogP contribution is 2.38. The molecular weight excluding hydrogens is 1020 g/mol. The Balaban J connectivity index is 1.64. The molecule has 0 aromatic heterocycles. The number of hydrogen-bond acceptors (Lipinski definition) is 13. The molecule has 0 bridgehead atoms. The van der Waals surface area contributed by atoms with Crippen molar-refractivity contribution in [2.45, 2.75) is 230 Å². The van der Waals surface area contributed by atoms with Gasteiger partial charge in [0.1, 0.15) is 18.8 Å². The number of amides is 1. The van der Waals surface area contributed by atoms with Crippen molar-refractivity contribution in [3.63, 3.8) is 0 Å². The molecule has 1 saturated heterocycles. The molecule has 3 N–H and O–H groups in total. The van der Waals surface area contributed by atoms with Crippen LogP contribution in [0, 0.1) is 0 Å². The molecule has 1 fully saturated rings. The van der Waals surface area contributed by atoms with Gasteiger partial charge in [0, 0.05) is 6.42 Å². The molecule has 0 spiro atoms. The van der Waals surface area contributed by atoms with Gasteiger partial charge in [0.15, 0.2) is 18.3 Å². The SMILES string of the molecule is CCCCCCCCCCCCC/C=C/[C@@H](OC(=O)c1ccccc1)[C@H](CO[C@@]1(C)O[C@H](COC(=O)c2ccccc2)[C@H](OC(=O)O)[C@H](OC(=O)O)[C@H]1OC(=O)c1ccccc1)NC(=O)CCCCCCCCCCCCCCC. The van der Waals surface area contributed by atoms with Crippen LogP contribution in [0.1, 0.15) is 219 Å². The molecular formula is C64H91NO15.